The summed E-state index contributed by atoms with van der Waals surface area (Å²) in [5.74, 6) is 0.851. The zero-order chi connectivity index (χ0) is 12.1. The van der Waals surface area contributed by atoms with Crippen LogP contribution in [0.4, 0.5) is 5.95 Å². The summed E-state index contributed by atoms with van der Waals surface area (Å²) in [6, 6.07) is 0. The third-order valence-corrected chi connectivity index (χ3v) is 4.36. The van der Waals surface area contributed by atoms with Gasteiger partial charge >= 0.3 is 0 Å². The molecule has 1 unspecified atom stereocenters. The monoisotopic (exact) mass is 252 g/mol. The van der Waals surface area contributed by atoms with Gasteiger partial charge in [0.05, 0.1) is 0 Å². The molecular formula is C12H20N4S. The lowest BCUT2D eigenvalue weighted by atomic mass is 10.2. The molecule has 5 heteroatoms. The van der Waals surface area contributed by atoms with Crippen LogP contribution in [-0.2, 0) is 6.54 Å². The summed E-state index contributed by atoms with van der Waals surface area (Å²) in [7, 11) is 0. The van der Waals surface area contributed by atoms with Crippen LogP contribution in [0.25, 0.3) is 0 Å². The summed E-state index contributed by atoms with van der Waals surface area (Å²) in [5.41, 5.74) is 6.53. The molecule has 0 amide bonds. The van der Waals surface area contributed by atoms with Crippen LogP contribution in [0.15, 0.2) is 12.4 Å². The Hall–Kier alpha value is -0.810. The van der Waals surface area contributed by atoms with Crippen molar-refractivity contribution >= 4 is 17.7 Å². The van der Waals surface area contributed by atoms with E-state index in [2.05, 4.69) is 21.1 Å². The number of thioether (sulfide) groups is 1. The number of rotatable bonds is 3. The molecule has 4 nitrogen and oxygen atoms in total. The lowest BCUT2D eigenvalue weighted by Gasteiger charge is -2.20. The zero-order valence-corrected chi connectivity index (χ0v) is 11.1. The van der Waals surface area contributed by atoms with E-state index in [0.29, 0.717) is 6.54 Å². The molecule has 0 saturated carbocycles. The second-order valence-electron chi connectivity index (χ2n) is 4.37. The van der Waals surface area contributed by atoms with Crippen molar-refractivity contribution < 1.29 is 0 Å². The van der Waals surface area contributed by atoms with Crippen LogP contribution in [0.5, 0.6) is 0 Å². The van der Waals surface area contributed by atoms with Crippen molar-refractivity contribution in [2.75, 3.05) is 24.2 Å². The lowest BCUT2D eigenvalue weighted by Crippen LogP contribution is -2.26. The lowest BCUT2D eigenvalue weighted by molar-refractivity contribution is 0.744. The second-order valence-corrected chi connectivity index (χ2v) is 5.51. The van der Waals surface area contributed by atoms with Crippen LogP contribution in [0, 0.1) is 0 Å². The first-order valence-electron chi connectivity index (χ1n) is 6.12. The fourth-order valence-electron chi connectivity index (χ4n) is 2.12. The van der Waals surface area contributed by atoms with Crippen molar-refractivity contribution in [3.8, 4) is 0 Å². The summed E-state index contributed by atoms with van der Waals surface area (Å²) in [5, 5.41) is 0.795. The average Bonchev–Trinajstić information content (AvgIpc) is 2.64. The number of anilines is 1. The summed E-state index contributed by atoms with van der Waals surface area (Å²) in [6.45, 7) is 2.64. The molecule has 0 spiro atoms. The van der Waals surface area contributed by atoms with E-state index < -0.39 is 0 Å². The van der Waals surface area contributed by atoms with E-state index in [9.17, 15) is 0 Å². The summed E-state index contributed by atoms with van der Waals surface area (Å²) < 4.78 is 0. The fraction of sp³-hybridized carbons (Fsp3) is 0.667. The van der Waals surface area contributed by atoms with Crippen molar-refractivity contribution in [2.24, 2.45) is 5.73 Å². The number of nitrogens with two attached hydrogens (primary N) is 1. The first kappa shape index (κ1) is 12.6. The molecule has 1 aromatic rings. The predicted octanol–water partition coefficient (Wildman–Crippen LogP) is 1.66. The van der Waals surface area contributed by atoms with Crippen molar-refractivity contribution in [1.82, 2.24) is 9.97 Å². The minimum Gasteiger partial charge on any atom is -0.341 e. The topological polar surface area (TPSA) is 55.0 Å². The smallest absolute Gasteiger partial charge is 0.225 e. The van der Waals surface area contributed by atoms with Gasteiger partial charge in [-0.25, -0.2) is 9.97 Å². The molecule has 2 N–H and O–H groups in total. The highest BCUT2D eigenvalue weighted by Gasteiger charge is 2.17. The normalized spacial score (nSPS) is 21.3. The molecule has 1 aliphatic rings. The van der Waals surface area contributed by atoms with Gasteiger partial charge in [-0.2, -0.15) is 11.8 Å². The summed E-state index contributed by atoms with van der Waals surface area (Å²) in [4.78, 5) is 11.1. The van der Waals surface area contributed by atoms with Gasteiger partial charge in [-0.1, -0.05) is 0 Å². The van der Waals surface area contributed by atoms with Gasteiger partial charge in [0.2, 0.25) is 5.95 Å². The van der Waals surface area contributed by atoms with Crippen LogP contribution in [0.3, 0.4) is 0 Å². The fourth-order valence-corrected chi connectivity index (χ4v) is 2.86. The first-order chi connectivity index (χ1) is 8.33. The van der Waals surface area contributed by atoms with E-state index in [4.69, 9.17) is 5.73 Å². The van der Waals surface area contributed by atoms with E-state index in [1.54, 1.807) is 0 Å². The van der Waals surface area contributed by atoms with Gasteiger partial charge in [0.15, 0.2) is 0 Å². The predicted molar refractivity (Wildman–Crippen MR) is 73.3 cm³/mol. The number of hydrogen-bond acceptors (Lipinski definition) is 5. The maximum atomic E-state index is 5.54. The van der Waals surface area contributed by atoms with Crippen molar-refractivity contribution in [3.05, 3.63) is 18.0 Å². The van der Waals surface area contributed by atoms with E-state index in [0.717, 1.165) is 29.9 Å². The zero-order valence-electron chi connectivity index (χ0n) is 10.3. The number of nitrogens with zero attached hydrogens (tertiary/aromatic N) is 3. The molecule has 0 radical (unpaired) electrons. The molecule has 94 valence electrons. The standard InChI is InChI=1S/C12H20N4S/c1-17-11-3-2-5-16(6-4-11)12-14-8-10(7-13)9-15-12/h8-9,11H,2-7,13H2,1H3. The molecule has 1 aromatic heterocycles. The maximum Gasteiger partial charge on any atom is 0.225 e. The Balaban J connectivity index is 2.01. The minimum atomic E-state index is 0.509. The van der Waals surface area contributed by atoms with E-state index in [1.807, 2.05) is 24.2 Å². The SMILES string of the molecule is CSC1CCCN(c2ncc(CN)cn2)CC1. The molecule has 17 heavy (non-hydrogen) atoms. The highest BCUT2D eigenvalue weighted by molar-refractivity contribution is 7.99. The first-order valence-corrected chi connectivity index (χ1v) is 7.41. The van der Waals surface area contributed by atoms with Gasteiger partial charge < -0.3 is 10.6 Å². The Morgan fingerprint density at radius 2 is 2.12 bits per heavy atom. The molecule has 2 heterocycles. The van der Waals surface area contributed by atoms with Gasteiger partial charge in [-0.3, -0.25) is 0 Å². The van der Waals surface area contributed by atoms with Gasteiger partial charge in [0, 0.05) is 42.8 Å². The van der Waals surface area contributed by atoms with Gasteiger partial charge in [-0.15, -0.1) is 0 Å². The van der Waals surface area contributed by atoms with Crippen molar-refractivity contribution in [2.45, 2.75) is 31.1 Å². The average molecular weight is 252 g/mol. The summed E-state index contributed by atoms with van der Waals surface area (Å²) >= 11 is 1.98. The quantitative estimate of drug-likeness (QED) is 0.886. The van der Waals surface area contributed by atoms with E-state index in [1.165, 1.54) is 19.3 Å². The van der Waals surface area contributed by atoms with E-state index in [-0.39, 0.29) is 0 Å². The van der Waals surface area contributed by atoms with Crippen LogP contribution in [0.1, 0.15) is 24.8 Å². The summed E-state index contributed by atoms with van der Waals surface area (Å²) in [6.07, 6.45) is 9.63. The largest absolute Gasteiger partial charge is 0.341 e. The molecule has 2 rings (SSSR count). The molecule has 0 bridgehead atoms. The Labute approximate surface area is 107 Å². The molecule has 1 fully saturated rings. The molecular weight excluding hydrogens is 232 g/mol. The van der Waals surface area contributed by atoms with Gasteiger partial charge in [-0.05, 0) is 25.5 Å². The molecule has 1 aliphatic heterocycles. The van der Waals surface area contributed by atoms with Gasteiger partial charge in [0.25, 0.3) is 0 Å². The molecule has 1 atom stereocenters. The number of aromatic nitrogens is 2. The maximum absolute atomic E-state index is 5.54. The Morgan fingerprint density at radius 1 is 1.35 bits per heavy atom. The Morgan fingerprint density at radius 3 is 2.76 bits per heavy atom. The molecule has 0 aromatic carbocycles. The van der Waals surface area contributed by atoms with Crippen molar-refractivity contribution in [3.63, 3.8) is 0 Å². The Bertz CT molecular complexity index is 341. The molecule has 1 saturated heterocycles. The van der Waals surface area contributed by atoms with Gasteiger partial charge in [0.1, 0.15) is 0 Å². The highest BCUT2D eigenvalue weighted by atomic mass is 32.2. The van der Waals surface area contributed by atoms with Crippen LogP contribution < -0.4 is 10.6 Å². The van der Waals surface area contributed by atoms with Crippen LogP contribution >= 0.6 is 11.8 Å². The van der Waals surface area contributed by atoms with Crippen LogP contribution in [-0.4, -0.2) is 34.6 Å². The highest BCUT2D eigenvalue weighted by Crippen LogP contribution is 2.22. The van der Waals surface area contributed by atoms with E-state index >= 15 is 0 Å². The third-order valence-electron chi connectivity index (χ3n) is 3.22. The Kier molecular flexibility index (Phi) is 4.62. The van der Waals surface area contributed by atoms with Crippen LogP contribution in [0.2, 0.25) is 0 Å². The number of hydrogen-bond donors (Lipinski definition) is 1. The van der Waals surface area contributed by atoms with Crippen molar-refractivity contribution in [1.29, 1.82) is 0 Å². The molecule has 0 aliphatic carbocycles. The second kappa shape index (κ2) is 6.21. The minimum absolute atomic E-state index is 0.509. The third kappa shape index (κ3) is 3.33.